The molecule has 3 rings (SSSR count). The van der Waals surface area contributed by atoms with E-state index in [9.17, 15) is 0 Å². The van der Waals surface area contributed by atoms with Gasteiger partial charge >= 0.3 is 0 Å². The van der Waals surface area contributed by atoms with Crippen LogP contribution >= 0.6 is 0 Å². The molecule has 0 unspecified atom stereocenters. The van der Waals surface area contributed by atoms with E-state index < -0.39 is 0 Å². The summed E-state index contributed by atoms with van der Waals surface area (Å²) in [7, 11) is 1.76. The van der Waals surface area contributed by atoms with E-state index in [4.69, 9.17) is 4.42 Å². The lowest BCUT2D eigenvalue weighted by Gasteiger charge is -2.10. The molecule has 0 aliphatic carbocycles. The second kappa shape index (κ2) is 7.45. The molecule has 5 heteroatoms. The predicted molar refractivity (Wildman–Crippen MR) is 92.4 cm³/mol. The molecule has 3 aromatic rings. The number of pyridine rings is 1. The minimum atomic E-state index is 0.595. The van der Waals surface area contributed by atoms with Gasteiger partial charge in [-0.25, -0.2) is 0 Å². The van der Waals surface area contributed by atoms with Gasteiger partial charge in [-0.05, 0) is 24.3 Å². The summed E-state index contributed by atoms with van der Waals surface area (Å²) in [4.78, 5) is 8.52. The molecule has 0 aliphatic heterocycles. The molecule has 1 aromatic carbocycles. The molecule has 0 aliphatic rings. The molecule has 23 heavy (non-hydrogen) atoms. The number of rotatable bonds is 5. The molecule has 0 saturated carbocycles. The normalized spacial score (nSPS) is 11.6. The highest BCUT2D eigenvalue weighted by molar-refractivity contribution is 5.80. The molecular formula is C18H20N4O. The van der Waals surface area contributed by atoms with E-state index in [1.807, 2.05) is 54.7 Å². The Morgan fingerprint density at radius 2 is 2.00 bits per heavy atom. The lowest BCUT2D eigenvalue weighted by atomic mass is 10.2. The molecule has 0 fully saturated rings. The van der Waals surface area contributed by atoms with Crippen LogP contribution in [0.3, 0.4) is 0 Å². The molecule has 2 aromatic heterocycles. The van der Waals surface area contributed by atoms with Crippen molar-refractivity contribution in [3.05, 3.63) is 66.2 Å². The Labute approximate surface area is 135 Å². The van der Waals surface area contributed by atoms with Crippen LogP contribution in [0.25, 0.3) is 11.0 Å². The summed E-state index contributed by atoms with van der Waals surface area (Å²) in [6, 6.07) is 16.0. The van der Waals surface area contributed by atoms with Gasteiger partial charge in [0.2, 0.25) is 0 Å². The fourth-order valence-corrected chi connectivity index (χ4v) is 2.37. The number of aliphatic imine (C=N–C) groups is 1. The van der Waals surface area contributed by atoms with Crippen LogP contribution in [0.2, 0.25) is 0 Å². The van der Waals surface area contributed by atoms with Crippen LogP contribution < -0.4 is 10.6 Å². The molecule has 5 nitrogen and oxygen atoms in total. The second-order valence-electron chi connectivity index (χ2n) is 5.17. The maximum absolute atomic E-state index is 5.78. The first-order valence-electron chi connectivity index (χ1n) is 7.67. The van der Waals surface area contributed by atoms with Crippen molar-refractivity contribution in [1.82, 2.24) is 15.6 Å². The third kappa shape index (κ3) is 4.10. The van der Waals surface area contributed by atoms with Crippen LogP contribution in [0.15, 0.2) is 64.1 Å². The second-order valence-corrected chi connectivity index (χ2v) is 5.17. The first-order valence-corrected chi connectivity index (χ1v) is 7.67. The van der Waals surface area contributed by atoms with Crippen molar-refractivity contribution in [1.29, 1.82) is 0 Å². The largest absolute Gasteiger partial charge is 0.459 e. The van der Waals surface area contributed by atoms with Gasteiger partial charge in [0.05, 0.1) is 6.54 Å². The van der Waals surface area contributed by atoms with Gasteiger partial charge in [-0.15, -0.1) is 0 Å². The number of hydrogen-bond acceptors (Lipinski definition) is 3. The maximum Gasteiger partial charge on any atom is 0.191 e. The van der Waals surface area contributed by atoms with E-state index in [0.29, 0.717) is 6.54 Å². The van der Waals surface area contributed by atoms with E-state index in [0.717, 1.165) is 41.3 Å². The third-order valence-electron chi connectivity index (χ3n) is 3.53. The standard InChI is InChI=1S/C18H20N4O/c1-19-18(21-11-9-15-7-4-5-10-20-15)22-13-16-12-14-6-2-3-8-17(14)23-16/h2-8,10,12H,9,11,13H2,1H3,(H2,19,21,22). The highest BCUT2D eigenvalue weighted by atomic mass is 16.3. The van der Waals surface area contributed by atoms with E-state index in [-0.39, 0.29) is 0 Å². The van der Waals surface area contributed by atoms with Gasteiger partial charge in [-0.2, -0.15) is 0 Å². The number of nitrogens with one attached hydrogen (secondary N) is 2. The van der Waals surface area contributed by atoms with Crippen molar-refractivity contribution in [3.8, 4) is 0 Å². The summed E-state index contributed by atoms with van der Waals surface area (Å²) in [5.74, 6) is 1.64. The Morgan fingerprint density at radius 3 is 2.78 bits per heavy atom. The number of para-hydroxylation sites is 1. The molecule has 118 valence electrons. The zero-order valence-electron chi connectivity index (χ0n) is 13.1. The van der Waals surface area contributed by atoms with Crippen LogP contribution in [-0.2, 0) is 13.0 Å². The zero-order valence-corrected chi connectivity index (χ0v) is 13.1. The topological polar surface area (TPSA) is 62.5 Å². The van der Waals surface area contributed by atoms with Gasteiger partial charge in [-0.1, -0.05) is 24.3 Å². The molecule has 0 spiro atoms. The van der Waals surface area contributed by atoms with Crippen LogP contribution in [0.5, 0.6) is 0 Å². The van der Waals surface area contributed by atoms with Gasteiger partial charge in [0, 0.05) is 37.3 Å². The highest BCUT2D eigenvalue weighted by Crippen LogP contribution is 2.18. The summed E-state index contributed by atoms with van der Waals surface area (Å²) in [6.07, 6.45) is 2.66. The summed E-state index contributed by atoms with van der Waals surface area (Å²) < 4.78 is 5.78. The molecular weight excluding hydrogens is 288 g/mol. The molecule has 2 heterocycles. The van der Waals surface area contributed by atoms with Gasteiger partial charge < -0.3 is 15.1 Å². The van der Waals surface area contributed by atoms with Crippen LogP contribution in [-0.4, -0.2) is 24.5 Å². The van der Waals surface area contributed by atoms with Crippen LogP contribution in [0.1, 0.15) is 11.5 Å². The minimum Gasteiger partial charge on any atom is -0.459 e. The predicted octanol–water partition coefficient (Wildman–Crippen LogP) is 2.74. The number of hydrogen-bond donors (Lipinski definition) is 2. The summed E-state index contributed by atoms with van der Waals surface area (Å²) in [5.41, 5.74) is 1.97. The number of nitrogens with zero attached hydrogens (tertiary/aromatic N) is 2. The van der Waals surface area contributed by atoms with Crippen molar-refractivity contribution >= 4 is 16.9 Å². The molecule has 0 radical (unpaired) electrons. The summed E-state index contributed by atoms with van der Waals surface area (Å²) in [5, 5.41) is 7.65. The molecule has 0 saturated heterocycles. The Balaban J connectivity index is 1.49. The van der Waals surface area contributed by atoms with Crippen molar-refractivity contribution in [2.45, 2.75) is 13.0 Å². The molecule has 0 bridgehead atoms. The molecule has 0 atom stereocenters. The fraction of sp³-hybridized carbons (Fsp3) is 0.222. The summed E-state index contributed by atoms with van der Waals surface area (Å²) >= 11 is 0. The molecule has 0 amide bonds. The quantitative estimate of drug-likeness (QED) is 0.562. The Bertz CT molecular complexity index is 747. The first kappa shape index (κ1) is 15.1. The average molecular weight is 308 g/mol. The highest BCUT2D eigenvalue weighted by Gasteiger charge is 2.04. The fourth-order valence-electron chi connectivity index (χ4n) is 2.37. The lowest BCUT2D eigenvalue weighted by Crippen LogP contribution is -2.37. The van der Waals surface area contributed by atoms with Crippen molar-refractivity contribution in [2.75, 3.05) is 13.6 Å². The van der Waals surface area contributed by atoms with E-state index in [2.05, 4.69) is 20.6 Å². The number of benzene rings is 1. The van der Waals surface area contributed by atoms with Crippen LogP contribution in [0.4, 0.5) is 0 Å². The van der Waals surface area contributed by atoms with E-state index in [1.165, 1.54) is 0 Å². The van der Waals surface area contributed by atoms with Gasteiger partial charge in [-0.3, -0.25) is 9.98 Å². The van der Waals surface area contributed by atoms with Gasteiger partial charge in [0.25, 0.3) is 0 Å². The summed E-state index contributed by atoms with van der Waals surface area (Å²) in [6.45, 7) is 1.37. The minimum absolute atomic E-state index is 0.595. The SMILES string of the molecule is CN=C(NCCc1ccccn1)NCc1cc2ccccc2o1. The number of guanidine groups is 1. The van der Waals surface area contributed by atoms with Crippen molar-refractivity contribution < 1.29 is 4.42 Å². The third-order valence-corrected chi connectivity index (χ3v) is 3.53. The van der Waals surface area contributed by atoms with E-state index in [1.54, 1.807) is 7.05 Å². The average Bonchev–Trinajstić information content (AvgIpc) is 3.01. The number of furan rings is 1. The van der Waals surface area contributed by atoms with Gasteiger partial charge in [0.15, 0.2) is 5.96 Å². The van der Waals surface area contributed by atoms with Crippen molar-refractivity contribution in [3.63, 3.8) is 0 Å². The van der Waals surface area contributed by atoms with Crippen molar-refractivity contribution in [2.24, 2.45) is 4.99 Å². The smallest absolute Gasteiger partial charge is 0.191 e. The zero-order chi connectivity index (χ0) is 15.9. The number of fused-ring (bicyclic) bond motifs is 1. The maximum atomic E-state index is 5.78. The Kier molecular flexibility index (Phi) is 4.88. The van der Waals surface area contributed by atoms with E-state index >= 15 is 0 Å². The van der Waals surface area contributed by atoms with Gasteiger partial charge in [0.1, 0.15) is 11.3 Å². The monoisotopic (exact) mass is 308 g/mol. The Hall–Kier alpha value is -2.82. The number of aromatic nitrogens is 1. The molecule has 2 N–H and O–H groups in total. The first-order chi connectivity index (χ1) is 11.3. The van der Waals surface area contributed by atoms with Crippen LogP contribution in [0, 0.1) is 0 Å². The lowest BCUT2D eigenvalue weighted by molar-refractivity contribution is 0.538. The Morgan fingerprint density at radius 1 is 1.13 bits per heavy atom.